The van der Waals surface area contributed by atoms with Crippen molar-refractivity contribution >= 4 is 17.4 Å². The summed E-state index contributed by atoms with van der Waals surface area (Å²) in [6, 6.07) is 7.05. The van der Waals surface area contributed by atoms with Gasteiger partial charge in [-0.15, -0.1) is 0 Å². The third kappa shape index (κ3) is 3.95. The highest BCUT2D eigenvalue weighted by Gasteiger charge is 2.13. The minimum atomic E-state index is -0.291. The van der Waals surface area contributed by atoms with Crippen LogP contribution < -0.4 is 15.5 Å². The van der Waals surface area contributed by atoms with E-state index in [1.54, 1.807) is 0 Å². The maximum Gasteiger partial charge on any atom is 0.319 e. The van der Waals surface area contributed by atoms with E-state index in [9.17, 15) is 4.79 Å². The first-order valence-electron chi connectivity index (χ1n) is 6.69. The summed E-state index contributed by atoms with van der Waals surface area (Å²) < 4.78 is 0. The smallest absolute Gasteiger partial charge is 0.319 e. The van der Waals surface area contributed by atoms with Crippen LogP contribution >= 0.6 is 0 Å². The molecule has 0 aliphatic carbocycles. The SMILES string of the molecule is Cc1nc(C(C)NC(=O)Nc2cccc(N(C)C)c2)n[nH]1. The van der Waals surface area contributed by atoms with Crippen LogP contribution in [-0.4, -0.2) is 35.3 Å². The lowest BCUT2D eigenvalue weighted by atomic mass is 10.2. The predicted molar refractivity (Wildman–Crippen MR) is 82.5 cm³/mol. The van der Waals surface area contributed by atoms with Gasteiger partial charge in [0.1, 0.15) is 5.82 Å². The number of urea groups is 1. The van der Waals surface area contributed by atoms with Crippen LogP contribution in [0.2, 0.25) is 0 Å². The molecule has 0 saturated carbocycles. The highest BCUT2D eigenvalue weighted by molar-refractivity contribution is 5.90. The molecule has 0 spiro atoms. The van der Waals surface area contributed by atoms with Crippen molar-refractivity contribution in [2.24, 2.45) is 0 Å². The third-order valence-electron chi connectivity index (χ3n) is 2.97. The maximum atomic E-state index is 12.0. The number of carbonyl (C=O) groups is 1. The van der Waals surface area contributed by atoms with Gasteiger partial charge in [-0.3, -0.25) is 5.10 Å². The molecule has 7 heteroatoms. The van der Waals surface area contributed by atoms with Crippen molar-refractivity contribution in [2.45, 2.75) is 19.9 Å². The van der Waals surface area contributed by atoms with Gasteiger partial charge in [0.25, 0.3) is 0 Å². The van der Waals surface area contributed by atoms with Gasteiger partial charge >= 0.3 is 6.03 Å². The molecular weight excluding hydrogens is 268 g/mol. The molecule has 0 aliphatic heterocycles. The number of amides is 2. The topological polar surface area (TPSA) is 85.9 Å². The second kappa shape index (κ2) is 6.25. The van der Waals surface area contributed by atoms with Crippen LogP contribution in [0.4, 0.5) is 16.2 Å². The number of hydrogen-bond acceptors (Lipinski definition) is 4. The van der Waals surface area contributed by atoms with Crippen molar-refractivity contribution in [1.29, 1.82) is 0 Å². The second-order valence-electron chi connectivity index (χ2n) is 5.04. The molecule has 7 nitrogen and oxygen atoms in total. The van der Waals surface area contributed by atoms with Crippen molar-refractivity contribution in [3.8, 4) is 0 Å². The van der Waals surface area contributed by atoms with E-state index in [1.165, 1.54) is 0 Å². The summed E-state index contributed by atoms with van der Waals surface area (Å²) in [5.41, 5.74) is 1.75. The zero-order valence-electron chi connectivity index (χ0n) is 12.6. The zero-order chi connectivity index (χ0) is 15.4. The van der Waals surface area contributed by atoms with E-state index in [-0.39, 0.29) is 12.1 Å². The summed E-state index contributed by atoms with van der Waals surface area (Å²) >= 11 is 0. The van der Waals surface area contributed by atoms with E-state index < -0.39 is 0 Å². The van der Waals surface area contributed by atoms with E-state index in [1.807, 2.05) is 57.1 Å². The summed E-state index contributed by atoms with van der Waals surface area (Å²) in [4.78, 5) is 18.1. The van der Waals surface area contributed by atoms with Gasteiger partial charge in [0.05, 0.1) is 6.04 Å². The van der Waals surface area contributed by atoms with E-state index in [0.717, 1.165) is 17.2 Å². The van der Waals surface area contributed by atoms with Crippen LogP contribution in [0.1, 0.15) is 24.6 Å². The fourth-order valence-electron chi connectivity index (χ4n) is 1.84. The first-order valence-corrected chi connectivity index (χ1v) is 6.69. The minimum absolute atomic E-state index is 0.271. The molecule has 2 rings (SSSR count). The van der Waals surface area contributed by atoms with Crippen LogP contribution in [-0.2, 0) is 0 Å². The molecule has 2 amide bonds. The Morgan fingerprint density at radius 2 is 2.14 bits per heavy atom. The number of H-pyrrole nitrogens is 1. The summed E-state index contributed by atoms with van der Waals surface area (Å²) in [5.74, 6) is 1.28. The molecule has 1 heterocycles. The first kappa shape index (κ1) is 14.8. The number of rotatable bonds is 4. The average Bonchev–Trinajstić information content (AvgIpc) is 2.85. The predicted octanol–water partition coefficient (Wildman–Crippen LogP) is 2.06. The van der Waals surface area contributed by atoms with E-state index in [4.69, 9.17) is 0 Å². The Morgan fingerprint density at radius 3 is 2.76 bits per heavy atom. The minimum Gasteiger partial charge on any atom is -0.378 e. The molecule has 112 valence electrons. The number of aromatic amines is 1. The van der Waals surface area contributed by atoms with Crippen molar-refractivity contribution in [1.82, 2.24) is 20.5 Å². The summed E-state index contributed by atoms with van der Waals surface area (Å²) in [6.45, 7) is 3.65. The van der Waals surface area contributed by atoms with E-state index in [2.05, 4.69) is 25.8 Å². The molecule has 1 aromatic carbocycles. The van der Waals surface area contributed by atoms with Gasteiger partial charge in [-0.1, -0.05) is 6.07 Å². The van der Waals surface area contributed by atoms with Crippen LogP contribution in [0.15, 0.2) is 24.3 Å². The Kier molecular flexibility index (Phi) is 4.42. The van der Waals surface area contributed by atoms with Gasteiger partial charge in [-0.2, -0.15) is 5.10 Å². The Bertz CT molecular complexity index is 621. The molecule has 1 aromatic heterocycles. The lowest BCUT2D eigenvalue weighted by molar-refractivity contribution is 0.249. The molecule has 3 N–H and O–H groups in total. The number of nitrogens with zero attached hydrogens (tertiary/aromatic N) is 3. The fourth-order valence-corrected chi connectivity index (χ4v) is 1.84. The molecule has 0 fully saturated rings. The lowest BCUT2D eigenvalue weighted by Crippen LogP contribution is -2.31. The van der Waals surface area contributed by atoms with Crippen LogP contribution in [0.25, 0.3) is 0 Å². The Morgan fingerprint density at radius 1 is 1.38 bits per heavy atom. The van der Waals surface area contributed by atoms with Crippen LogP contribution in [0.3, 0.4) is 0 Å². The summed E-state index contributed by atoms with van der Waals surface area (Å²) in [7, 11) is 3.90. The molecule has 0 bridgehead atoms. The molecule has 0 saturated heterocycles. The van der Waals surface area contributed by atoms with E-state index in [0.29, 0.717) is 5.82 Å². The Labute approximate surface area is 123 Å². The number of anilines is 2. The number of aromatic nitrogens is 3. The average molecular weight is 288 g/mol. The quantitative estimate of drug-likeness (QED) is 0.804. The second-order valence-corrected chi connectivity index (χ2v) is 5.04. The lowest BCUT2D eigenvalue weighted by Gasteiger charge is -2.15. The maximum absolute atomic E-state index is 12.0. The molecule has 0 aliphatic rings. The zero-order valence-corrected chi connectivity index (χ0v) is 12.6. The molecule has 0 radical (unpaired) electrons. The fraction of sp³-hybridized carbons (Fsp3) is 0.357. The molecule has 21 heavy (non-hydrogen) atoms. The monoisotopic (exact) mass is 288 g/mol. The van der Waals surface area contributed by atoms with Gasteiger partial charge < -0.3 is 15.5 Å². The molecule has 1 atom stereocenters. The number of carbonyl (C=O) groups excluding carboxylic acids is 1. The standard InChI is InChI=1S/C14H20N6O/c1-9(13-16-10(2)18-19-13)15-14(21)17-11-6-5-7-12(8-11)20(3)4/h5-9H,1-4H3,(H2,15,17,21)(H,16,18,19). The Hall–Kier alpha value is -2.57. The van der Waals surface area contributed by atoms with E-state index >= 15 is 0 Å². The number of benzene rings is 1. The van der Waals surface area contributed by atoms with Gasteiger partial charge in [-0.25, -0.2) is 9.78 Å². The van der Waals surface area contributed by atoms with Crippen molar-refractivity contribution < 1.29 is 4.79 Å². The molecule has 2 aromatic rings. The highest BCUT2D eigenvalue weighted by Crippen LogP contribution is 2.17. The van der Waals surface area contributed by atoms with Crippen molar-refractivity contribution in [2.75, 3.05) is 24.3 Å². The van der Waals surface area contributed by atoms with Crippen molar-refractivity contribution in [3.63, 3.8) is 0 Å². The number of nitrogens with one attached hydrogen (secondary N) is 3. The van der Waals surface area contributed by atoms with Crippen molar-refractivity contribution in [3.05, 3.63) is 35.9 Å². The summed E-state index contributed by atoms with van der Waals surface area (Å²) in [6.07, 6.45) is 0. The highest BCUT2D eigenvalue weighted by atomic mass is 16.2. The van der Waals surface area contributed by atoms with Crippen LogP contribution in [0.5, 0.6) is 0 Å². The number of hydrogen-bond donors (Lipinski definition) is 3. The third-order valence-corrected chi connectivity index (χ3v) is 2.97. The summed E-state index contributed by atoms with van der Waals surface area (Å²) in [5, 5.41) is 12.4. The number of aryl methyl sites for hydroxylation is 1. The molecule has 1 unspecified atom stereocenters. The van der Waals surface area contributed by atoms with Gasteiger partial charge in [0.2, 0.25) is 0 Å². The van der Waals surface area contributed by atoms with Crippen LogP contribution in [0, 0.1) is 6.92 Å². The van der Waals surface area contributed by atoms with Gasteiger partial charge in [0, 0.05) is 25.5 Å². The molecular formula is C14H20N6O. The largest absolute Gasteiger partial charge is 0.378 e. The van der Waals surface area contributed by atoms with Gasteiger partial charge in [0.15, 0.2) is 5.82 Å². The first-order chi connectivity index (χ1) is 9.95. The van der Waals surface area contributed by atoms with Gasteiger partial charge in [-0.05, 0) is 32.0 Å². The normalized spacial score (nSPS) is 11.8. The Balaban J connectivity index is 1.97.